The van der Waals surface area contributed by atoms with Crippen molar-refractivity contribution >= 4 is 11.6 Å². The van der Waals surface area contributed by atoms with Crippen molar-refractivity contribution in [2.75, 3.05) is 19.7 Å². The summed E-state index contributed by atoms with van der Waals surface area (Å²) in [6.45, 7) is 9.11. The number of likely N-dealkylation sites (tertiary alicyclic amines) is 1. The zero-order valence-corrected chi connectivity index (χ0v) is 16.2. The molecule has 1 saturated heterocycles. The smallest absolute Gasteiger partial charge is 0.137 e. The molecule has 1 fully saturated rings. The summed E-state index contributed by atoms with van der Waals surface area (Å²) in [6.07, 6.45) is 0.334. The van der Waals surface area contributed by atoms with Gasteiger partial charge in [-0.25, -0.2) is 0 Å². The summed E-state index contributed by atoms with van der Waals surface area (Å²) in [7, 11) is 0. The first-order valence-corrected chi connectivity index (χ1v) is 9.48. The summed E-state index contributed by atoms with van der Waals surface area (Å²) >= 11 is 6.37. The maximum atomic E-state index is 10.5. The van der Waals surface area contributed by atoms with Gasteiger partial charge in [0, 0.05) is 59.6 Å². The van der Waals surface area contributed by atoms with Crippen molar-refractivity contribution in [1.29, 1.82) is 0 Å². The normalized spacial score (nSPS) is 24.7. The minimum absolute atomic E-state index is 0.0216. The fraction of sp³-hybridized carbons (Fsp3) is 0.550. The summed E-state index contributed by atoms with van der Waals surface area (Å²) in [5, 5.41) is 15.1. The van der Waals surface area contributed by atoms with Gasteiger partial charge in [0.05, 0.1) is 18.4 Å². The average Bonchev–Trinajstić information content (AvgIpc) is 3.20. The van der Waals surface area contributed by atoms with Crippen molar-refractivity contribution < 1.29 is 14.4 Å². The summed E-state index contributed by atoms with van der Waals surface area (Å²) in [4.78, 5) is 2.26. The Hall–Kier alpha value is -1.56. The molecule has 0 radical (unpaired) electrons. The number of fused-ring (bicyclic) bond motifs is 1. The molecule has 0 unspecified atom stereocenters. The molecule has 6 heteroatoms. The molecule has 2 aromatic rings. The molecule has 4 rings (SSSR count). The second kappa shape index (κ2) is 6.55. The Morgan fingerprint density at radius 2 is 2.12 bits per heavy atom. The second-order valence-corrected chi connectivity index (χ2v) is 8.71. The van der Waals surface area contributed by atoms with Crippen molar-refractivity contribution in [2.45, 2.75) is 45.3 Å². The van der Waals surface area contributed by atoms with E-state index in [1.54, 1.807) is 0 Å². The van der Waals surface area contributed by atoms with E-state index in [0.29, 0.717) is 19.6 Å². The van der Waals surface area contributed by atoms with E-state index >= 15 is 0 Å². The van der Waals surface area contributed by atoms with Crippen LogP contribution in [0.4, 0.5) is 0 Å². The monoisotopic (exact) mass is 376 g/mol. The van der Waals surface area contributed by atoms with Crippen LogP contribution in [0.2, 0.25) is 5.02 Å². The van der Waals surface area contributed by atoms with Crippen LogP contribution >= 0.6 is 11.6 Å². The van der Waals surface area contributed by atoms with Crippen molar-refractivity contribution in [1.82, 2.24) is 10.1 Å². The summed E-state index contributed by atoms with van der Waals surface area (Å²) in [5.74, 6) is 1.94. The molecule has 2 atom stereocenters. The number of rotatable bonds is 4. The average molecular weight is 377 g/mol. The Kier molecular flexibility index (Phi) is 4.49. The Bertz CT molecular complexity index is 817. The summed E-state index contributed by atoms with van der Waals surface area (Å²) in [6, 6.07) is 5.94. The molecule has 1 N–H and O–H groups in total. The fourth-order valence-corrected chi connectivity index (χ4v) is 4.29. The first-order chi connectivity index (χ1) is 12.3. The van der Waals surface area contributed by atoms with Crippen LogP contribution in [0, 0.1) is 12.8 Å². The second-order valence-electron chi connectivity index (χ2n) is 8.27. The Morgan fingerprint density at radius 1 is 1.31 bits per heavy atom. The first-order valence-electron chi connectivity index (χ1n) is 9.10. The van der Waals surface area contributed by atoms with Crippen molar-refractivity contribution in [3.63, 3.8) is 0 Å². The van der Waals surface area contributed by atoms with Gasteiger partial charge < -0.3 is 14.4 Å². The number of aliphatic hydroxyl groups excluding tert-OH is 1. The number of β-amino-alcohol motifs (C(OH)–C–C–N with tert-alkyl or cyclic N) is 1. The standard InChI is InChI=1S/C20H25ClN2O3/c1-12-4-16(26-22-12)6-13-8-23(10-18(13)24)9-14-5-15(21)7-17-19(14)25-11-20(17,2)3/h4-5,7,13,18,24H,6,8-11H2,1-3H3/t13-,18+/m1/s1. The highest BCUT2D eigenvalue weighted by Crippen LogP contribution is 2.43. The van der Waals surface area contributed by atoms with Gasteiger partial charge in [0.15, 0.2) is 0 Å². The molecular formula is C20H25ClN2O3. The minimum Gasteiger partial charge on any atom is -0.492 e. The van der Waals surface area contributed by atoms with E-state index in [9.17, 15) is 5.11 Å². The van der Waals surface area contributed by atoms with Gasteiger partial charge in [-0.05, 0) is 19.1 Å². The molecule has 0 aliphatic carbocycles. The quantitative estimate of drug-likeness (QED) is 0.886. The number of nitrogens with zero attached hydrogens (tertiary/aromatic N) is 2. The van der Waals surface area contributed by atoms with Gasteiger partial charge in [0.1, 0.15) is 11.5 Å². The maximum absolute atomic E-state index is 10.5. The van der Waals surface area contributed by atoms with Crippen LogP contribution in [-0.2, 0) is 18.4 Å². The molecule has 0 spiro atoms. The number of hydrogen-bond acceptors (Lipinski definition) is 5. The van der Waals surface area contributed by atoms with Crippen LogP contribution in [0.25, 0.3) is 0 Å². The molecule has 2 aliphatic rings. The SMILES string of the molecule is Cc1cc(C[C@@H]2CN(Cc3cc(Cl)cc4c3OCC4(C)C)C[C@@H]2O)on1. The summed E-state index contributed by atoms with van der Waals surface area (Å²) < 4.78 is 11.3. The van der Waals surface area contributed by atoms with E-state index in [0.717, 1.165) is 40.9 Å². The van der Waals surface area contributed by atoms with Crippen molar-refractivity contribution in [3.8, 4) is 5.75 Å². The van der Waals surface area contributed by atoms with Crippen LogP contribution in [0.5, 0.6) is 5.75 Å². The van der Waals surface area contributed by atoms with E-state index in [1.807, 2.05) is 25.1 Å². The zero-order chi connectivity index (χ0) is 18.5. The zero-order valence-electron chi connectivity index (χ0n) is 15.5. The molecule has 3 heterocycles. The molecule has 2 aliphatic heterocycles. The number of aryl methyl sites for hydroxylation is 1. The van der Waals surface area contributed by atoms with Crippen LogP contribution in [0.3, 0.4) is 0 Å². The highest BCUT2D eigenvalue weighted by atomic mass is 35.5. The lowest BCUT2D eigenvalue weighted by Gasteiger charge is -2.19. The Morgan fingerprint density at radius 3 is 2.85 bits per heavy atom. The van der Waals surface area contributed by atoms with E-state index < -0.39 is 0 Å². The largest absolute Gasteiger partial charge is 0.492 e. The molecule has 1 aromatic carbocycles. The fourth-order valence-electron chi connectivity index (χ4n) is 4.05. The van der Waals surface area contributed by atoms with Gasteiger partial charge in [-0.2, -0.15) is 0 Å². The maximum Gasteiger partial charge on any atom is 0.137 e. The molecular weight excluding hydrogens is 352 g/mol. The molecule has 140 valence electrons. The van der Waals surface area contributed by atoms with Crippen LogP contribution in [0.1, 0.15) is 36.4 Å². The molecule has 5 nitrogen and oxygen atoms in total. The molecule has 1 aromatic heterocycles. The molecule has 26 heavy (non-hydrogen) atoms. The van der Waals surface area contributed by atoms with E-state index in [2.05, 4.69) is 23.9 Å². The van der Waals surface area contributed by atoms with Gasteiger partial charge in [-0.3, -0.25) is 4.90 Å². The lowest BCUT2D eigenvalue weighted by Crippen LogP contribution is -2.21. The third-order valence-corrected chi connectivity index (χ3v) is 5.67. The number of aromatic nitrogens is 1. The Labute approximate surface area is 158 Å². The van der Waals surface area contributed by atoms with Crippen LogP contribution in [0.15, 0.2) is 22.7 Å². The van der Waals surface area contributed by atoms with Crippen molar-refractivity contribution in [2.24, 2.45) is 5.92 Å². The van der Waals surface area contributed by atoms with Gasteiger partial charge in [-0.15, -0.1) is 0 Å². The molecule has 0 amide bonds. The lowest BCUT2D eigenvalue weighted by molar-refractivity contribution is 0.137. The highest BCUT2D eigenvalue weighted by Gasteiger charge is 2.36. The van der Waals surface area contributed by atoms with Gasteiger partial charge in [0.25, 0.3) is 0 Å². The first kappa shape index (κ1) is 17.8. The van der Waals surface area contributed by atoms with Gasteiger partial charge >= 0.3 is 0 Å². The van der Waals surface area contributed by atoms with Gasteiger partial charge in [-0.1, -0.05) is 30.6 Å². The van der Waals surface area contributed by atoms with E-state index in [1.165, 1.54) is 5.56 Å². The number of hydrogen-bond donors (Lipinski definition) is 1. The topological polar surface area (TPSA) is 58.7 Å². The molecule has 0 bridgehead atoms. The molecule has 0 saturated carbocycles. The minimum atomic E-state index is -0.370. The number of halogens is 1. The van der Waals surface area contributed by atoms with Crippen LogP contribution < -0.4 is 4.74 Å². The summed E-state index contributed by atoms with van der Waals surface area (Å²) in [5.41, 5.74) is 3.13. The number of aliphatic hydroxyl groups is 1. The predicted octanol–water partition coefficient (Wildman–Crippen LogP) is 3.34. The highest BCUT2D eigenvalue weighted by molar-refractivity contribution is 6.30. The van der Waals surface area contributed by atoms with Gasteiger partial charge in [0.2, 0.25) is 0 Å². The predicted molar refractivity (Wildman–Crippen MR) is 99.7 cm³/mol. The Balaban J connectivity index is 1.49. The van der Waals surface area contributed by atoms with E-state index in [4.69, 9.17) is 20.9 Å². The van der Waals surface area contributed by atoms with Crippen molar-refractivity contribution in [3.05, 3.63) is 45.8 Å². The lowest BCUT2D eigenvalue weighted by atomic mass is 9.86. The van der Waals surface area contributed by atoms with Crippen LogP contribution in [-0.4, -0.2) is 41.0 Å². The number of ether oxygens (including phenoxy) is 1. The third-order valence-electron chi connectivity index (χ3n) is 5.45. The number of benzene rings is 1. The third kappa shape index (κ3) is 3.36. The van der Waals surface area contributed by atoms with E-state index in [-0.39, 0.29) is 17.4 Å².